The molecule has 21 heavy (non-hydrogen) atoms. The number of rotatable bonds is 8. The van der Waals surface area contributed by atoms with E-state index < -0.39 is 6.10 Å². The normalized spacial score (nSPS) is 13.7. The highest BCUT2D eigenvalue weighted by atomic mass is 35.5. The third kappa shape index (κ3) is 3.97. The first-order valence-electron chi connectivity index (χ1n) is 7.82. The summed E-state index contributed by atoms with van der Waals surface area (Å²) in [7, 11) is 0. The molecule has 0 aromatic heterocycles. The lowest BCUT2D eigenvalue weighted by atomic mass is 9.81. The SMILES string of the molecule is CCN(CC)C(CC)(CC)C(O)Cc1cc(F)ccc1Cl. The topological polar surface area (TPSA) is 23.5 Å². The Balaban J connectivity index is 3.06. The van der Waals surface area contributed by atoms with Gasteiger partial charge in [-0.2, -0.15) is 0 Å². The number of halogens is 2. The lowest BCUT2D eigenvalue weighted by molar-refractivity contribution is -0.0341. The van der Waals surface area contributed by atoms with Crippen LogP contribution in [0.5, 0.6) is 0 Å². The number of aliphatic hydroxyl groups is 1. The molecule has 0 spiro atoms. The Morgan fingerprint density at radius 2 is 1.76 bits per heavy atom. The van der Waals surface area contributed by atoms with Gasteiger partial charge in [0.25, 0.3) is 0 Å². The van der Waals surface area contributed by atoms with Crippen LogP contribution >= 0.6 is 11.6 Å². The molecule has 1 rings (SSSR count). The molecule has 0 aliphatic heterocycles. The Morgan fingerprint density at radius 3 is 2.24 bits per heavy atom. The molecular formula is C17H27ClFNO. The number of nitrogens with zero attached hydrogens (tertiary/aromatic N) is 1. The highest BCUT2D eigenvalue weighted by Gasteiger charge is 2.39. The summed E-state index contributed by atoms with van der Waals surface area (Å²) < 4.78 is 13.4. The predicted molar refractivity (Wildman–Crippen MR) is 87.4 cm³/mol. The summed E-state index contributed by atoms with van der Waals surface area (Å²) in [5, 5.41) is 11.3. The van der Waals surface area contributed by atoms with Gasteiger partial charge in [0.1, 0.15) is 5.82 Å². The molecule has 0 aliphatic carbocycles. The van der Waals surface area contributed by atoms with Crippen LogP contribution in [-0.2, 0) is 6.42 Å². The number of benzene rings is 1. The fraction of sp³-hybridized carbons (Fsp3) is 0.647. The summed E-state index contributed by atoms with van der Waals surface area (Å²) in [5.41, 5.74) is 0.377. The van der Waals surface area contributed by atoms with Crippen molar-refractivity contribution in [2.75, 3.05) is 13.1 Å². The van der Waals surface area contributed by atoms with Gasteiger partial charge in [0.05, 0.1) is 6.10 Å². The summed E-state index contributed by atoms with van der Waals surface area (Å²) in [6.45, 7) is 10.2. The molecule has 1 atom stereocenters. The summed E-state index contributed by atoms with van der Waals surface area (Å²) >= 11 is 6.13. The zero-order valence-electron chi connectivity index (χ0n) is 13.5. The molecule has 0 saturated heterocycles. The maximum absolute atomic E-state index is 13.4. The van der Waals surface area contributed by atoms with Crippen LogP contribution in [0.25, 0.3) is 0 Å². The summed E-state index contributed by atoms with van der Waals surface area (Å²) in [5.74, 6) is -0.317. The van der Waals surface area contributed by atoms with Crippen LogP contribution in [0.15, 0.2) is 18.2 Å². The Labute approximate surface area is 132 Å². The Morgan fingerprint density at radius 1 is 1.19 bits per heavy atom. The van der Waals surface area contributed by atoms with E-state index in [0.29, 0.717) is 17.0 Å². The first kappa shape index (κ1) is 18.4. The minimum atomic E-state index is -0.577. The van der Waals surface area contributed by atoms with E-state index in [9.17, 15) is 9.50 Å². The van der Waals surface area contributed by atoms with E-state index in [1.807, 2.05) is 0 Å². The first-order chi connectivity index (χ1) is 9.94. The second-order valence-corrected chi connectivity index (χ2v) is 5.85. The van der Waals surface area contributed by atoms with Gasteiger partial charge in [-0.25, -0.2) is 4.39 Å². The second kappa shape index (κ2) is 8.11. The smallest absolute Gasteiger partial charge is 0.123 e. The predicted octanol–water partition coefficient (Wildman–Crippen LogP) is 4.28. The third-order valence-corrected chi connectivity index (χ3v) is 5.03. The van der Waals surface area contributed by atoms with E-state index in [1.54, 1.807) is 6.07 Å². The van der Waals surface area contributed by atoms with Crippen LogP contribution < -0.4 is 0 Å². The lowest BCUT2D eigenvalue weighted by Crippen LogP contribution is -2.56. The maximum atomic E-state index is 13.4. The highest BCUT2D eigenvalue weighted by molar-refractivity contribution is 6.31. The Bertz CT molecular complexity index is 444. The van der Waals surface area contributed by atoms with Gasteiger partial charge in [-0.15, -0.1) is 0 Å². The van der Waals surface area contributed by atoms with Crippen molar-refractivity contribution in [3.8, 4) is 0 Å². The van der Waals surface area contributed by atoms with E-state index in [-0.39, 0.29) is 11.4 Å². The van der Waals surface area contributed by atoms with Gasteiger partial charge in [0.15, 0.2) is 0 Å². The molecular weight excluding hydrogens is 289 g/mol. The van der Waals surface area contributed by atoms with Crippen LogP contribution in [0.3, 0.4) is 0 Å². The second-order valence-electron chi connectivity index (χ2n) is 5.44. The van der Waals surface area contributed by atoms with Crippen molar-refractivity contribution in [1.29, 1.82) is 0 Å². The number of hydrogen-bond donors (Lipinski definition) is 1. The van der Waals surface area contributed by atoms with E-state index in [1.165, 1.54) is 12.1 Å². The number of aliphatic hydroxyl groups excluding tert-OH is 1. The first-order valence-corrected chi connectivity index (χ1v) is 8.19. The summed E-state index contributed by atoms with van der Waals surface area (Å²) in [4.78, 5) is 2.30. The van der Waals surface area contributed by atoms with E-state index >= 15 is 0 Å². The molecule has 0 saturated carbocycles. The van der Waals surface area contributed by atoms with Crippen molar-refractivity contribution < 1.29 is 9.50 Å². The average Bonchev–Trinajstić information content (AvgIpc) is 2.48. The maximum Gasteiger partial charge on any atom is 0.123 e. The molecule has 2 nitrogen and oxygen atoms in total. The lowest BCUT2D eigenvalue weighted by Gasteiger charge is -2.46. The van der Waals surface area contributed by atoms with Crippen molar-refractivity contribution in [3.05, 3.63) is 34.6 Å². The molecule has 0 aliphatic rings. The Kier molecular flexibility index (Phi) is 7.11. The average molecular weight is 316 g/mol. The zero-order valence-corrected chi connectivity index (χ0v) is 14.3. The van der Waals surface area contributed by atoms with Crippen molar-refractivity contribution in [1.82, 2.24) is 4.90 Å². The molecule has 1 aromatic carbocycles. The third-order valence-electron chi connectivity index (χ3n) is 4.66. The molecule has 0 radical (unpaired) electrons. The molecule has 0 amide bonds. The van der Waals surface area contributed by atoms with E-state index in [4.69, 9.17) is 11.6 Å². The largest absolute Gasteiger partial charge is 0.391 e. The van der Waals surface area contributed by atoms with Crippen molar-refractivity contribution in [2.24, 2.45) is 0 Å². The molecule has 4 heteroatoms. The van der Waals surface area contributed by atoms with Crippen LogP contribution in [0.4, 0.5) is 4.39 Å². The molecule has 1 unspecified atom stereocenters. The van der Waals surface area contributed by atoms with Crippen LogP contribution in [0, 0.1) is 5.82 Å². The number of hydrogen-bond acceptors (Lipinski definition) is 2. The quantitative estimate of drug-likeness (QED) is 0.774. The summed E-state index contributed by atoms with van der Waals surface area (Å²) in [6, 6.07) is 4.31. The van der Waals surface area contributed by atoms with Gasteiger partial charge in [-0.05, 0) is 49.7 Å². The molecule has 1 N–H and O–H groups in total. The van der Waals surface area contributed by atoms with Gasteiger partial charge in [0.2, 0.25) is 0 Å². The van der Waals surface area contributed by atoms with Crippen LogP contribution in [-0.4, -0.2) is 34.7 Å². The standard InChI is InChI=1S/C17H27ClFNO/c1-5-17(6-2,20(7-3)8-4)16(21)12-13-11-14(19)9-10-15(13)18/h9-11,16,21H,5-8,12H2,1-4H3. The highest BCUT2D eigenvalue weighted by Crippen LogP contribution is 2.31. The minimum Gasteiger partial charge on any atom is -0.391 e. The molecule has 120 valence electrons. The molecule has 0 fully saturated rings. The number of likely N-dealkylation sites (N-methyl/N-ethyl adjacent to an activating group) is 1. The van der Waals surface area contributed by atoms with Gasteiger partial charge in [-0.1, -0.05) is 39.3 Å². The van der Waals surface area contributed by atoms with Gasteiger partial charge < -0.3 is 5.11 Å². The van der Waals surface area contributed by atoms with Crippen LogP contribution in [0.1, 0.15) is 46.1 Å². The van der Waals surface area contributed by atoms with Crippen molar-refractivity contribution in [3.63, 3.8) is 0 Å². The van der Waals surface area contributed by atoms with Gasteiger partial charge in [0, 0.05) is 17.0 Å². The van der Waals surface area contributed by atoms with Crippen molar-refractivity contribution >= 4 is 11.6 Å². The van der Waals surface area contributed by atoms with E-state index in [0.717, 1.165) is 25.9 Å². The molecule has 0 heterocycles. The molecule has 1 aromatic rings. The fourth-order valence-electron chi connectivity index (χ4n) is 3.33. The van der Waals surface area contributed by atoms with Gasteiger partial charge >= 0.3 is 0 Å². The fourth-order valence-corrected chi connectivity index (χ4v) is 3.53. The van der Waals surface area contributed by atoms with Crippen molar-refractivity contribution in [2.45, 2.75) is 58.6 Å². The Hall–Kier alpha value is -0.640. The van der Waals surface area contributed by atoms with Crippen LogP contribution in [0.2, 0.25) is 5.02 Å². The minimum absolute atomic E-state index is 0.293. The monoisotopic (exact) mass is 315 g/mol. The van der Waals surface area contributed by atoms with Gasteiger partial charge in [-0.3, -0.25) is 4.90 Å². The molecule has 0 bridgehead atoms. The summed E-state index contributed by atoms with van der Waals surface area (Å²) in [6.07, 6.45) is 1.49. The zero-order chi connectivity index (χ0) is 16.0. The van der Waals surface area contributed by atoms with E-state index in [2.05, 4.69) is 32.6 Å².